The number of carbonyl (C=O) groups is 2. The highest BCUT2D eigenvalue weighted by Gasteiger charge is 2.34. The largest absolute Gasteiger partial charge is 0.352 e. The Morgan fingerprint density at radius 1 is 1.05 bits per heavy atom. The van der Waals surface area contributed by atoms with Crippen molar-refractivity contribution in [2.75, 3.05) is 24.9 Å². The van der Waals surface area contributed by atoms with E-state index in [0.29, 0.717) is 26.9 Å². The van der Waals surface area contributed by atoms with Gasteiger partial charge in [0.25, 0.3) is 0 Å². The second-order valence-corrected chi connectivity index (χ2v) is 12.9. The van der Waals surface area contributed by atoms with E-state index in [2.05, 4.69) is 5.32 Å². The van der Waals surface area contributed by atoms with Crippen LogP contribution in [0.1, 0.15) is 49.3 Å². The second-order valence-electron chi connectivity index (χ2n) is 10.0. The van der Waals surface area contributed by atoms with Crippen molar-refractivity contribution < 1.29 is 18.0 Å². The van der Waals surface area contributed by atoms with Crippen LogP contribution in [-0.2, 0) is 26.3 Å². The van der Waals surface area contributed by atoms with E-state index in [0.717, 1.165) is 39.9 Å². The van der Waals surface area contributed by atoms with Crippen LogP contribution < -0.4 is 9.62 Å². The summed E-state index contributed by atoms with van der Waals surface area (Å²) >= 11 is 12.5. The Labute approximate surface area is 236 Å². The Morgan fingerprint density at radius 3 is 2.32 bits per heavy atom. The molecule has 0 radical (unpaired) electrons. The van der Waals surface area contributed by atoms with Crippen molar-refractivity contribution in [1.29, 1.82) is 0 Å². The molecule has 208 valence electrons. The van der Waals surface area contributed by atoms with Crippen LogP contribution in [0.4, 0.5) is 5.69 Å². The minimum absolute atomic E-state index is 0.0107. The lowest BCUT2D eigenvalue weighted by molar-refractivity contribution is -0.139. The number of aryl methyl sites for hydroxylation is 2. The second kappa shape index (κ2) is 12.7. The molecule has 1 aliphatic carbocycles. The van der Waals surface area contributed by atoms with Gasteiger partial charge in [-0.05, 0) is 68.5 Å². The number of hydrogen-bond acceptors (Lipinski definition) is 4. The molecule has 3 rings (SSSR count). The Morgan fingerprint density at radius 2 is 1.71 bits per heavy atom. The van der Waals surface area contributed by atoms with Gasteiger partial charge in [-0.2, -0.15) is 12.7 Å². The number of hydrogen-bond donors (Lipinski definition) is 1. The fourth-order valence-corrected chi connectivity index (χ4v) is 6.08. The standard InChI is InChI=1S/C27H36Cl2N4O4S/c1-18-10-11-19(2)25(14-18)33(38(36,37)31(4)5)17-26(34)32(16-21-12-13-22(28)15-24(21)29)20(3)27(35)30-23-8-6-7-9-23/h10-15,20,23H,6-9,16-17H2,1-5H3,(H,30,35)/t20-/m1/s1. The van der Waals surface area contributed by atoms with E-state index in [1.165, 1.54) is 19.0 Å². The van der Waals surface area contributed by atoms with E-state index in [4.69, 9.17) is 23.2 Å². The van der Waals surface area contributed by atoms with Crippen molar-refractivity contribution in [2.45, 2.75) is 65.1 Å². The van der Waals surface area contributed by atoms with Gasteiger partial charge in [-0.3, -0.25) is 9.59 Å². The van der Waals surface area contributed by atoms with Gasteiger partial charge in [-0.25, -0.2) is 4.31 Å². The third-order valence-corrected chi connectivity index (χ3v) is 9.27. The van der Waals surface area contributed by atoms with Gasteiger partial charge < -0.3 is 10.2 Å². The first-order valence-corrected chi connectivity index (χ1v) is 14.8. The minimum atomic E-state index is -4.04. The van der Waals surface area contributed by atoms with Gasteiger partial charge in [-0.1, -0.05) is 54.2 Å². The van der Waals surface area contributed by atoms with Crippen LogP contribution in [0.2, 0.25) is 10.0 Å². The van der Waals surface area contributed by atoms with Crippen molar-refractivity contribution in [3.05, 3.63) is 63.1 Å². The van der Waals surface area contributed by atoms with Crippen LogP contribution in [0.3, 0.4) is 0 Å². The molecule has 0 heterocycles. The van der Waals surface area contributed by atoms with Crippen LogP contribution in [-0.4, -0.2) is 62.2 Å². The Kier molecular flexibility index (Phi) is 10.1. The van der Waals surface area contributed by atoms with Crippen LogP contribution in [0.25, 0.3) is 0 Å². The normalized spacial score (nSPS) is 14.9. The SMILES string of the molecule is Cc1ccc(C)c(N(CC(=O)N(Cc2ccc(Cl)cc2Cl)[C@H](C)C(=O)NC2CCCC2)S(=O)(=O)N(C)C)c1. The van der Waals surface area contributed by atoms with Crippen molar-refractivity contribution in [3.63, 3.8) is 0 Å². The van der Waals surface area contributed by atoms with E-state index < -0.39 is 28.7 Å². The van der Waals surface area contributed by atoms with E-state index in [1.54, 1.807) is 38.1 Å². The average Bonchev–Trinajstić information content (AvgIpc) is 3.36. The monoisotopic (exact) mass is 582 g/mol. The zero-order valence-corrected chi connectivity index (χ0v) is 24.8. The molecule has 0 aliphatic heterocycles. The molecule has 1 saturated carbocycles. The molecule has 2 aromatic rings. The number of benzene rings is 2. The number of rotatable bonds is 10. The Hall–Kier alpha value is -2.33. The number of nitrogens with one attached hydrogen (secondary N) is 1. The maximum Gasteiger partial charge on any atom is 0.304 e. The quantitative estimate of drug-likeness (QED) is 0.439. The molecule has 11 heteroatoms. The summed E-state index contributed by atoms with van der Waals surface area (Å²) < 4.78 is 29.0. The van der Waals surface area contributed by atoms with E-state index >= 15 is 0 Å². The van der Waals surface area contributed by atoms with Gasteiger partial charge in [0.05, 0.1) is 5.69 Å². The lowest BCUT2D eigenvalue weighted by atomic mass is 10.1. The topological polar surface area (TPSA) is 90.0 Å². The number of anilines is 1. The number of amides is 2. The first-order chi connectivity index (χ1) is 17.8. The molecule has 0 bridgehead atoms. The van der Waals surface area contributed by atoms with Gasteiger partial charge in [0.1, 0.15) is 12.6 Å². The van der Waals surface area contributed by atoms with E-state index in [9.17, 15) is 18.0 Å². The van der Waals surface area contributed by atoms with Gasteiger partial charge in [-0.15, -0.1) is 0 Å². The summed E-state index contributed by atoms with van der Waals surface area (Å²) in [5, 5.41) is 3.85. The van der Waals surface area contributed by atoms with Crippen molar-refractivity contribution in [3.8, 4) is 0 Å². The van der Waals surface area contributed by atoms with Crippen molar-refractivity contribution >= 4 is 50.9 Å². The third-order valence-electron chi connectivity index (χ3n) is 6.88. The molecule has 1 fully saturated rings. The molecule has 1 aliphatic rings. The predicted octanol–water partition coefficient (Wildman–Crippen LogP) is 4.70. The van der Waals surface area contributed by atoms with Gasteiger partial charge in [0, 0.05) is 36.7 Å². The Balaban J connectivity index is 1.99. The van der Waals surface area contributed by atoms with Gasteiger partial charge in [0.15, 0.2) is 0 Å². The fourth-order valence-electron chi connectivity index (χ4n) is 4.50. The number of nitrogens with zero attached hydrogens (tertiary/aromatic N) is 3. The third kappa shape index (κ3) is 7.20. The maximum absolute atomic E-state index is 13.9. The molecule has 1 N–H and O–H groups in total. The zero-order valence-electron chi connectivity index (χ0n) is 22.5. The zero-order chi connectivity index (χ0) is 28.2. The summed E-state index contributed by atoms with van der Waals surface area (Å²) in [6, 6.07) is 9.57. The minimum Gasteiger partial charge on any atom is -0.352 e. The van der Waals surface area contributed by atoms with Crippen LogP contribution >= 0.6 is 23.2 Å². The van der Waals surface area contributed by atoms with Gasteiger partial charge in [0.2, 0.25) is 11.8 Å². The average molecular weight is 584 g/mol. The molecular weight excluding hydrogens is 547 g/mol. The van der Waals surface area contributed by atoms with Crippen molar-refractivity contribution in [1.82, 2.24) is 14.5 Å². The molecule has 0 spiro atoms. The molecule has 38 heavy (non-hydrogen) atoms. The summed E-state index contributed by atoms with van der Waals surface area (Å²) in [4.78, 5) is 28.5. The molecule has 1 atom stereocenters. The van der Waals surface area contributed by atoms with Crippen LogP contribution in [0, 0.1) is 13.8 Å². The van der Waals surface area contributed by atoms with E-state index in [-0.39, 0.29) is 18.5 Å². The fraction of sp³-hybridized carbons (Fsp3) is 0.481. The summed E-state index contributed by atoms with van der Waals surface area (Å²) in [5.74, 6) is -0.819. The van der Waals surface area contributed by atoms with Crippen LogP contribution in [0.15, 0.2) is 36.4 Å². The molecular formula is C27H36Cl2N4O4S. The highest BCUT2D eigenvalue weighted by atomic mass is 35.5. The van der Waals surface area contributed by atoms with Crippen molar-refractivity contribution in [2.24, 2.45) is 0 Å². The molecule has 0 unspecified atom stereocenters. The number of halogens is 2. The summed E-state index contributed by atoms with van der Waals surface area (Å²) in [7, 11) is -1.20. The smallest absolute Gasteiger partial charge is 0.304 e. The summed E-state index contributed by atoms with van der Waals surface area (Å²) in [6.45, 7) is 4.82. The predicted molar refractivity (Wildman–Crippen MR) is 153 cm³/mol. The molecule has 2 amide bonds. The maximum atomic E-state index is 13.9. The first-order valence-electron chi connectivity index (χ1n) is 12.6. The number of carbonyl (C=O) groups excluding carboxylic acids is 2. The summed E-state index contributed by atoms with van der Waals surface area (Å²) in [6.07, 6.45) is 3.90. The highest BCUT2D eigenvalue weighted by molar-refractivity contribution is 7.90. The lowest BCUT2D eigenvalue weighted by Gasteiger charge is -2.34. The van der Waals surface area contributed by atoms with Crippen LogP contribution in [0.5, 0.6) is 0 Å². The molecule has 2 aromatic carbocycles. The molecule has 8 nitrogen and oxygen atoms in total. The molecule has 0 saturated heterocycles. The first kappa shape index (κ1) is 30.2. The highest BCUT2D eigenvalue weighted by Crippen LogP contribution is 2.27. The van der Waals surface area contributed by atoms with E-state index in [1.807, 2.05) is 19.1 Å². The summed E-state index contributed by atoms with van der Waals surface area (Å²) in [5.41, 5.74) is 2.55. The Bertz CT molecular complexity index is 1280. The molecule has 0 aromatic heterocycles. The lowest BCUT2D eigenvalue weighted by Crippen LogP contribution is -2.53. The van der Waals surface area contributed by atoms with Gasteiger partial charge >= 0.3 is 10.2 Å².